The fourth-order valence-corrected chi connectivity index (χ4v) is 2.09. The van der Waals surface area contributed by atoms with Crippen molar-refractivity contribution in [2.75, 3.05) is 25.1 Å². The van der Waals surface area contributed by atoms with E-state index in [1.54, 1.807) is 7.11 Å². The van der Waals surface area contributed by atoms with Gasteiger partial charge in [-0.05, 0) is 29.8 Å². The molecule has 0 spiro atoms. The van der Waals surface area contributed by atoms with E-state index in [1.807, 2.05) is 30.3 Å². The highest BCUT2D eigenvalue weighted by molar-refractivity contribution is 5.47. The molecule has 0 aliphatic rings. The van der Waals surface area contributed by atoms with Gasteiger partial charge in [0, 0.05) is 25.3 Å². The fourth-order valence-electron chi connectivity index (χ4n) is 2.09. The molecule has 0 radical (unpaired) electrons. The summed E-state index contributed by atoms with van der Waals surface area (Å²) in [5, 5.41) is 0. The highest BCUT2D eigenvalue weighted by atomic mass is 16.5. The Bertz CT molecular complexity index is 499. The zero-order valence-electron chi connectivity index (χ0n) is 11.3. The Hall–Kier alpha value is -2.00. The summed E-state index contributed by atoms with van der Waals surface area (Å²) < 4.78 is 5.26. The summed E-state index contributed by atoms with van der Waals surface area (Å²) in [6.45, 7) is 2.30. The van der Waals surface area contributed by atoms with Crippen LogP contribution in [0.3, 0.4) is 0 Å². The molecule has 0 aromatic heterocycles. The van der Waals surface area contributed by atoms with Crippen molar-refractivity contribution < 1.29 is 4.74 Å². The molecule has 100 valence electrons. The second-order valence-corrected chi connectivity index (χ2v) is 4.40. The van der Waals surface area contributed by atoms with Crippen molar-refractivity contribution >= 4 is 5.69 Å². The zero-order chi connectivity index (χ0) is 13.5. The molecule has 0 fully saturated rings. The van der Waals surface area contributed by atoms with E-state index in [0.29, 0.717) is 6.54 Å². The van der Waals surface area contributed by atoms with Crippen LogP contribution in [0.1, 0.15) is 5.56 Å². The van der Waals surface area contributed by atoms with Crippen LogP contribution >= 0.6 is 0 Å². The third-order valence-electron chi connectivity index (χ3n) is 3.03. The van der Waals surface area contributed by atoms with Crippen LogP contribution in [-0.2, 0) is 6.54 Å². The van der Waals surface area contributed by atoms with Gasteiger partial charge in [0.15, 0.2) is 0 Å². The third-order valence-corrected chi connectivity index (χ3v) is 3.03. The largest absolute Gasteiger partial charge is 0.497 e. The van der Waals surface area contributed by atoms with Crippen LogP contribution in [-0.4, -0.2) is 20.2 Å². The van der Waals surface area contributed by atoms with Gasteiger partial charge in [-0.3, -0.25) is 0 Å². The van der Waals surface area contributed by atoms with Crippen molar-refractivity contribution in [2.45, 2.75) is 6.54 Å². The molecular weight excluding hydrogens is 236 g/mol. The predicted molar refractivity (Wildman–Crippen MR) is 79.5 cm³/mol. The van der Waals surface area contributed by atoms with Crippen molar-refractivity contribution in [3.05, 3.63) is 60.2 Å². The van der Waals surface area contributed by atoms with E-state index < -0.39 is 0 Å². The molecule has 19 heavy (non-hydrogen) atoms. The maximum absolute atomic E-state index is 5.71. The Morgan fingerprint density at radius 3 is 2.53 bits per heavy atom. The van der Waals surface area contributed by atoms with Gasteiger partial charge in [-0.15, -0.1) is 0 Å². The van der Waals surface area contributed by atoms with Gasteiger partial charge in [0.25, 0.3) is 0 Å². The van der Waals surface area contributed by atoms with Gasteiger partial charge >= 0.3 is 0 Å². The maximum Gasteiger partial charge on any atom is 0.119 e. The molecule has 0 aliphatic carbocycles. The number of ether oxygens (including phenoxy) is 1. The molecule has 0 saturated heterocycles. The molecule has 2 aromatic rings. The lowest BCUT2D eigenvalue weighted by Gasteiger charge is -2.24. The monoisotopic (exact) mass is 256 g/mol. The first kappa shape index (κ1) is 13.4. The summed E-state index contributed by atoms with van der Waals surface area (Å²) in [6.07, 6.45) is 0. The predicted octanol–water partition coefficient (Wildman–Crippen LogP) is 2.66. The first-order valence-electron chi connectivity index (χ1n) is 6.46. The summed E-state index contributed by atoms with van der Waals surface area (Å²) in [6, 6.07) is 18.5. The molecule has 0 unspecified atom stereocenters. The van der Waals surface area contributed by atoms with Crippen molar-refractivity contribution in [1.82, 2.24) is 0 Å². The van der Waals surface area contributed by atoms with Gasteiger partial charge < -0.3 is 15.4 Å². The van der Waals surface area contributed by atoms with Gasteiger partial charge in [-0.25, -0.2) is 0 Å². The van der Waals surface area contributed by atoms with Crippen LogP contribution < -0.4 is 15.4 Å². The minimum atomic E-state index is 0.638. The lowest BCUT2D eigenvalue weighted by molar-refractivity contribution is 0.414. The minimum Gasteiger partial charge on any atom is -0.497 e. The van der Waals surface area contributed by atoms with Crippen molar-refractivity contribution in [1.29, 1.82) is 0 Å². The number of hydrogen-bond acceptors (Lipinski definition) is 3. The Morgan fingerprint density at radius 2 is 1.84 bits per heavy atom. The first-order valence-corrected chi connectivity index (χ1v) is 6.46. The zero-order valence-corrected chi connectivity index (χ0v) is 11.3. The molecule has 0 heterocycles. The topological polar surface area (TPSA) is 38.5 Å². The second-order valence-electron chi connectivity index (χ2n) is 4.40. The van der Waals surface area contributed by atoms with Gasteiger partial charge in [0.1, 0.15) is 5.75 Å². The lowest BCUT2D eigenvalue weighted by atomic mass is 10.2. The summed E-state index contributed by atoms with van der Waals surface area (Å²) in [4.78, 5) is 2.27. The van der Waals surface area contributed by atoms with Crippen LogP contribution in [0, 0.1) is 0 Å². The summed E-state index contributed by atoms with van der Waals surface area (Å²) in [5.74, 6) is 0.887. The average molecular weight is 256 g/mol. The minimum absolute atomic E-state index is 0.638. The molecule has 0 aliphatic heterocycles. The van der Waals surface area contributed by atoms with E-state index >= 15 is 0 Å². The van der Waals surface area contributed by atoms with Crippen LogP contribution in [0.15, 0.2) is 54.6 Å². The molecule has 2 N–H and O–H groups in total. The van der Waals surface area contributed by atoms with Gasteiger partial charge in [-0.1, -0.05) is 30.3 Å². The highest BCUT2D eigenvalue weighted by Crippen LogP contribution is 2.19. The normalized spacial score (nSPS) is 10.2. The number of anilines is 1. The Kier molecular flexibility index (Phi) is 4.81. The van der Waals surface area contributed by atoms with E-state index in [0.717, 1.165) is 18.8 Å². The van der Waals surface area contributed by atoms with E-state index in [2.05, 4.69) is 29.2 Å². The number of nitrogens with zero attached hydrogens (tertiary/aromatic N) is 1. The molecule has 2 aromatic carbocycles. The lowest BCUT2D eigenvalue weighted by Crippen LogP contribution is -2.28. The molecular formula is C16H20N2O. The summed E-state index contributed by atoms with van der Waals surface area (Å²) in [7, 11) is 1.69. The third kappa shape index (κ3) is 3.73. The average Bonchev–Trinajstić information content (AvgIpc) is 2.48. The molecule has 0 saturated carbocycles. The van der Waals surface area contributed by atoms with Gasteiger partial charge in [0.05, 0.1) is 7.11 Å². The smallest absolute Gasteiger partial charge is 0.119 e. The molecule has 0 amide bonds. The highest BCUT2D eigenvalue weighted by Gasteiger charge is 2.06. The van der Waals surface area contributed by atoms with E-state index in [9.17, 15) is 0 Å². The number of methoxy groups -OCH3 is 1. The number of hydrogen-bond donors (Lipinski definition) is 1. The molecule has 0 atom stereocenters. The summed E-state index contributed by atoms with van der Waals surface area (Å²) in [5.41, 5.74) is 8.12. The van der Waals surface area contributed by atoms with Crippen molar-refractivity contribution in [2.24, 2.45) is 5.73 Å². The number of nitrogens with two attached hydrogens (primary N) is 1. The number of rotatable bonds is 6. The Labute approximate surface area is 114 Å². The second kappa shape index (κ2) is 6.81. The number of benzene rings is 2. The molecule has 3 nitrogen and oxygen atoms in total. The van der Waals surface area contributed by atoms with Crippen molar-refractivity contribution in [3.8, 4) is 5.75 Å². The quantitative estimate of drug-likeness (QED) is 0.863. The van der Waals surface area contributed by atoms with Gasteiger partial charge in [-0.2, -0.15) is 0 Å². The summed E-state index contributed by atoms with van der Waals surface area (Å²) >= 11 is 0. The van der Waals surface area contributed by atoms with Crippen LogP contribution in [0.25, 0.3) is 0 Å². The van der Waals surface area contributed by atoms with E-state index in [4.69, 9.17) is 10.5 Å². The van der Waals surface area contributed by atoms with Crippen LogP contribution in [0.2, 0.25) is 0 Å². The van der Waals surface area contributed by atoms with Gasteiger partial charge in [0.2, 0.25) is 0 Å². The molecule has 3 heteroatoms. The standard InChI is InChI=1S/C16H20N2O/c1-19-16-9-5-6-14(12-16)13-18(11-10-17)15-7-3-2-4-8-15/h2-9,12H,10-11,13,17H2,1H3. The van der Waals surface area contributed by atoms with E-state index in [1.165, 1.54) is 11.3 Å². The van der Waals surface area contributed by atoms with Crippen LogP contribution in [0.4, 0.5) is 5.69 Å². The fraction of sp³-hybridized carbons (Fsp3) is 0.250. The SMILES string of the molecule is COc1cccc(CN(CCN)c2ccccc2)c1. The Balaban J connectivity index is 2.16. The first-order chi connectivity index (χ1) is 9.33. The maximum atomic E-state index is 5.71. The molecule has 0 bridgehead atoms. The number of para-hydroxylation sites is 1. The van der Waals surface area contributed by atoms with Crippen molar-refractivity contribution in [3.63, 3.8) is 0 Å². The molecule has 2 rings (SSSR count). The van der Waals surface area contributed by atoms with E-state index in [-0.39, 0.29) is 0 Å². The van der Waals surface area contributed by atoms with Crippen LogP contribution in [0.5, 0.6) is 5.75 Å². The Morgan fingerprint density at radius 1 is 1.05 bits per heavy atom.